The molecule has 28 heavy (non-hydrogen) atoms. The van der Waals surface area contributed by atoms with Crippen LogP contribution in [0.4, 0.5) is 0 Å². The van der Waals surface area contributed by atoms with Crippen LogP contribution in [0.25, 0.3) is 0 Å². The maximum absolute atomic E-state index is 3.79. The first-order valence-corrected chi connectivity index (χ1v) is 11.7. The molecule has 0 nitrogen and oxygen atoms in total. The highest BCUT2D eigenvalue weighted by Crippen LogP contribution is 2.15. The van der Waals surface area contributed by atoms with Crippen molar-refractivity contribution in [1.82, 2.24) is 0 Å². The Hall–Kier alpha value is -1.60. The van der Waals surface area contributed by atoms with Gasteiger partial charge >= 0.3 is 0 Å². The van der Waals surface area contributed by atoms with Crippen LogP contribution in [0.5, 0.6) is 0 Å². The smallest absolute Gasteiger partial charge is 0.00611 e. The van der Waals surface area contributed by atoms with Crippen molar-refractivity contribution in [3.8, 4) is 0 Å². The summed E-state index contributed by atoms with van der Waals surface area (Å²) in [4.78, 5) is 0. The van der Waals surface area contributed by atoms with Crippen LogP contribution in [0.1, 0.15) is 84.6 Å². The Morgan fingerprint density at radius 1 is 0.786 bits per heavy atom. The molecule has 0 bridgehead atoms. The largest absolute Gasteiger partial charge is 0.152 e. The van der Waals surface area contributed by atoms with E-state index in [2.05, 4.69) is 75.4 Å². The molecule has 0 aliphatic carbocycles. The molecule has 154 valence electrons. The third kappa shape index (κ3) is 12.7. The van der Waals surface area contributed by atoms with Gasteiger partial charge in [0.05, 0.1) is 0 Å². The van der Waals surface area contributed by atoms with E-state index in [1.165, 1.54) is 66.4 Å². The van der Waals surface area contributed by atoms with Gasteiger partial charge in [0.15, 0.2) is 0 Å². The molecule has 1 heterocycles. The van der Waals surface area contributed by atoms with E-state index in [0.717, 1.165) is 19.3 Å². The molecule has 0 amide bonds. The molecule has 0 saturated carbocycles. The molecule has 0 aliphatic rings. The van der Waals surface area contributed by atoms with Gasteiger partial charge in [-0.15, -0.1) is 6.58 Å². The maximum atomic E-state index is 3.79. The van der Waals surface area contributed by atoms with Crippen LogP contribution in [0, 0.1) is 0 Å². The minimum Gasteiger partial charge on any atom is -0.152 e. The Kier molecular flexibility index (Phi) is 13.4. The van der Waals surface area contributed by atoms with Crippen molar-refractivity contribution in [3.63, 3.8) is 0 Å². The van der Waals surface area contributed by atoms with Crippen LogP contribution < -0.4 is 0 Å². The molecule has 1 rings (SSSR count). The van der Waals surface area contributed by atoms with Gasteiger partial charge in [-0.2, -0.15) is 11.3 Å². The van der Waals surface area contributed by atoms with Crippen molar-refractivity contribution >= 4 is 11.3 Å². The van der Waals surface area contributed by atoms with E-state index in [1.807, 2.05) is 6.08 Å². The fraction of sp³-hybridized carbons (Fsp3) is 0.481. The van der Waals surface area contributed by atoms with Crippen molar-refractivity contribution in [1.29, 1.82) is 0 Å². The van der Waals surface area contributed by atoms with Gasteiger partial charge in [0.25, 0.3) is 0 Å². The van der Waals surface area contributed by atoms with Gasteiger partial charge in [-0.05, 0) is 108 Å². The molecule has 0 aliphatic heterocycles. The first kappa shape index (κ1) is 24.4. The van der Waals surface area contributed by atoms with E-state index in [4.69, 9.17) is 0 Å². The third-order valence-corrected chi connectivity index (χ3v) is 5.80. The SMILES string of the molecule is C=CCC(C)=CCCC(C)=CCCC(C)=CCCC(C)=CCCc1ccsc1. The van der Waals surface area contributed by atoms with Crippen molar-refractivity contribution in [2.75, 3.05) is 0 Å². The number of rotatable bonds is 14. The molecular weight excluding hydrogens is 356 g/mol. The zero-order chi connectivity index (χ0) is 20.6. The first-order valence-electron chi connectivity index (χ1n) is 10.8. The van der Waals surface area contributed by atoms with E-state index in [1.54, 1.807) is 11.3 Å². The predicted molar refractivity (Wildman–Crippen MR) is 130 cm³/mol. The fourth-order valence-corrected chi connectivity index (χ4v) is 3.88. The standard InChI is InChI=1S/C27H40S/c1-6-11-23(2)12-7-13-24(3)14-8-15-25(4)16-9-17-26(5)18-10-19-27-20-21-28-22-27/h6,12,14,16,18,20-22H,1,7-11,13,15,17,19H2,2-5H3. The van der Waals surface area contributed by atoms with E-state index < -0.39 is 0 Å². The summed E-state index contributed by atoms with van der Waals surface area (Å²) in [7, 11) is 0. The van der Waals surface area contributed by atoms with Gasteiger partial charge in [-0.3, -0.25) is 0 Å². The summed E-state index contributed by atoms with van der Waals surface area (Å²) in [5.41, 5.74) is 7.46. The fourth-order valence-electron chi connectivity index (χ4n) is 3.18. The lowest BCUT2D eigenvalue weighted by atomic mass is 10.0. The number of aryl methyl sites for hydroxylation is 1. The lowest BCUT2D eigenvalue weighted by Gasteiger charge is -2.03. The highest BCUT2D eigenvalue weighted by Gasteiger charge is 1.95. The van der Waals surface area contributed by atoms with Crippen LogP contribution >= 0.6 is 11.3 Å². The monoisotopic (exact) mass is 396 g/mol. The summed E-state index contributed by atoms with van der Waals surface area (Å²) in [5, 5.41) is 4.42. The summed E-state index contributed by atoms with van der Waals surface area (Å²) in [6.07, 6.45) is 22.0. The van der Waals surface area contributed by atoms with Gasteiger partial charge in [0, 0.05) is 0 Å². The summed E-state index contributed by atoms with van der Waals surface area (Å²) in [5.74, 6) is 0. The highest BCUT2D eigenvalue weighted by atomic mass is 32.1. The third-order valence-electron chi connectivity index (χ3n) is 5.07. The van der Waals surface area contributed by atoms with Crippen LogP contribution in [-0.2, 0) is 6.42 Å². The Bertz CT molecular complexity index is 665. The highest BCUT2D eigenvalue weighted by molar-refractivity contribution is 7.07. The van der Waals surface area contributed by atoms with E-state index >= 15 is 0 Å². The Labute approximate surface area is 178 Å². The molecule has 0 aromatic carbocycles. The van der Waals surface area contributed by atoms with E-state index in [0.29, 0.717) is 0 Å². The molecule has 0 spiro atoms. The predicted octanol–water partition coefficient (Wildman–Crippen LogP) is 9.38. The van der Waals surface area contributed by atoms with E-state index in [-0.39, 0.29) is 0 Å². The molecule has 1 aromatic rings. The van der Waals surface area contributed by atoms with Crippen molar-refractivity contribution in [2.45, 2.75) is 85.5 Å². The second-order valence-corrected chi connectivity index (χ2v) is 8.76. The molecule has 0 N–H and O–H groups in total. The minimum atomic E-state index is 1.01. The summed E-state index contributed by atoms with van der Waals surface area (Å²) in [6.45, 7) is 12.8. The second-order valence-electron chi connectivity index (χ2n) is 7.98. The zero-order valence-electron chi connectivity index (χ0n) is 18.6. The Morgan fingerprint density at radius 2 is 1.29 bits per heavy atom. The van der Waals surface area contributed by atoms with E-state index in [9.17, 15) is 0 Å². The van der Waals surface area contributed by atoms with Gasteiger partial charge < -0.3 is 0 Å². The minimum absolute atomic E-state index is 1.01. The number of hydrogen-bond acceptors (Lipinski definition) is 1. The average Bonchev–Trinajstić information content (AvgIpc) is 3.15. The van der Waals surface area contributed by atoms with Crippen molar-refractivity contribution in [3.05, 3.63) is 81.6 Å². The van der Waals surface area contributed by atoms with Crippen molar-refractivity contribution in [2.24, 2.45) is 0 Å². The Morgan fingerprint density at radius 3 is 1.75 bits per heavy atom. The van der Waals surface area contributed by atoms with Crippen molar-refractivity contribution < 1.29 is 0 Å². The molecule has 0 radical (unpaired) electrons. The normalized spacial score (nSPS) is 13.9. The summed E-state index contributed by atoms with van der Waals surface area (Å²) < 4.78 is 0. The Balaban J connectivity index is 2.19. The van der Waals surface area contributed by atoms with Gasteiger partial charge in [0.1, 0.15) is 0 Å². The van der Waals surface area contributed by atoms with Gasteiger partial charge in [-0.1, -0.05) is 52.7 Å². The molecule has 1 heteroatoms. The lowest BCUT2D eigenvalue weighted by molar-refractivity contribution is 0.892. The second kappa shape index (κ2) is 15.3. The average molecular weight is 397 g/mol. The van der Waals surface area contributed by atoms with Crippen LogP contribution in [-0.4, -0.2) is 0 Å². The van der Waals surface area contributed by atoms with Crippen LogP contribution in [0.2, 0.25) is 0 Å². The van der Waals surface area contributed by atoms with Crippen LogP contribution in [0.3, 0.4) is 0 Å². The summed E-state index contributed by atoms with van der Waals surface area (Å²) in [6, 6.07) is 2.23. The van der Waals surface area contributed by atoms with Crippen LogP contribution in [0.15, 0.2) is 76.1 Å². The molecule has 0 fully saturated rings. The molecule has 0 atom stereocenters. The molecule has 0 saturated heterocycles. The molecular formula is C27H40S. The maximum Gasteiger partial charge on any atom is -0.00611 e. The van der Waals surface area contributed by atoms with Gasteiger partial charge in [-0.25, -0.2) is 0 Å². The molecule has 0 unspecified atom stereocenters. The molecule has 1 aromatic heterocycles. The van der Waals surface area contributed by atoms with Gasteiger partial charge in [0.2, 0.25) is 0 Å². The number of allylic oxidation sites excluding steroid dienone is 9. The first-order chi connectivity index (χ1) is 13.5. The summed E-state index contributed by atoms with van der Waals surface area (Å²) >= 11 is 1.79. The number of thiophene rings is 1. The number of hydrogen-bond donors (Lipinski definition) is 0. The lowest BCUT2D eigenvalue weighted by Crippen LogP contribution is -1.83. The topological polar surface area (TPSA) is 0 Å². The quantitative estimate of drug-likeness (QED) is 0.275. The zero-order valence-corrected chi connectivity index (χ0v) is 19.4.